The molecule has 1 amide bonds. The molecule has 2 heterocycles. The van der Waals surface area contributed by atoms with E-state index in [9.17, 15) is 9.59 Å². The molecule has 3 fully saturated rings. The highest BCUT2D eigenvalue weighted by Crippen LogP contribution is 2.52. The van der Waals surface area contributed by atoms with Crippen LogP contribution in [0.2, 0.25) is 0 Å². The molecule has 22 heavy (non-hydrogen) atoms. The van der Waals surface area contributed by atoms with E-state index in [4.69, 9.17) is 18.9 Å². The minimum Gasteiger partial charge on any atom is -0.469 e. The molecule has 7 nitrogen and oxygen atoms in total. The van der Waals surface area contributed by atoms with Crippen molar-refractivity contribution in [1.29, 1.82) is 0 Å². The van der Waals surface area contributed by atoms with Crippen LogP contribution < -0.4 is 0 Å². The van der Waals surface area contributed by atoms with Gasteiger partial charge in [0.15, 0.2) is 5.79 Å². The highest BCUT2D eigenvalue weighted by molar-refractivity contribution is 5.79. The Labute approximate surface area is 129 Å². The lowest BCUT2D eigenvalue weighted by atomic mass is 9.61. The first-order valence-corrected chi connectivity index (χ1v) is 7.74. The highest BCUT2D eigenvalue weighted by atomic mass is 16.7. The van der Waals surface area contributed by atoms with Crippen molar-refractivity contribution in [1.82, 2.24) is 4.90 Å². The summed E-state index contributed by atoms with van der Waals surface area (Å²) in [5.74, 6) is -0.707. The summed E-state index contributed by atoms with van der Waals surface area (Å²) in [6.07, 6.45) is 2.25. The van der Waals surface area contributed by atoms with Crippen LogP contribution in [-0.4, -0.2) is 63.3 Å². The van der Waals surface area contributed by atoms with Crippen LogP contribution in [0.15, 0.2) is 0 Å². The summed E-state index contributed by atoms with van der Waals surface area (Å²) in [5.41, 5.74) is -0.679. The molecule has 0 bridgehead atoms. The zero-order chi connectivity index (χ0) is 15.8. The summed E-state index contributed by atoms with van der Waals surface area (Å²) < 4.78 is 21.5. The van der Waals surface area contributed by atoms with Gasteiger partial charge in [-0.05, 0) is 18.8 Å². The first-order valence-electron chi connectivity index (χ1n) is 7.74. The van der Waals surface area contributed by atoms with Crippen LogP contribution in [0.5, 0.6) is 0 Å². The van der Waals surface area contributed by atoms with Crippen molar-refractivity contribution in [2.75, 3.05) is 40.5 Å². The monoisotopic (exact) mass is 313 g/mol. The van der Waals surface area contributed by atoms with Crippen molar-refractivity contribution < 1.29 is 28.5 Å². The number of nitrogens with zero attached hydrogens (tertiary/aromatic N) is 1. The number of carbonyl (C=O) groups excluding carboxylic acids is 2. The average Bonchev–Trinajstić information content (AvgIpc) is 3.01. The van der Waals surface area contributed by atoms with Gasteiger partial charge >= 0.3 is 12.1 Å². The second-order valence-corrected chi connectivity index (χ2v) is 6.34. The Morgan fingerprint density at radius 2 is 1.86 bits per heavy atom. The topological polar surface area (TPSA) is 74.3 Å². The van der Waals surface area contributed by atoms with E-state index in [0.29, 0.717) is 45.6 Å². The van der Waals surface area contributed by atoms with E-state index >= 15 is 0 Å². The molecule has 0 radical (unpaired) electrons. The maximum atomic E-state index is 12.5. The molecular formula is C15H23NO6. The fourth-order valence-corrected chi connectivity index (χ4v) is 4.19. The smallest absolute Gasteiger partial charge is 0.409 e. The first kappa shape index (κ1) is 15.6. The lowest BCUT2D eigenvalue weighted by Gasteiger charge is -2.52. The Morgan fingerprint density at radius 1 is 1.14 bits per heavy atom. The molecule has 0 unspecified atom stereocenters. The number of amides is 1. The zero-order valence-corrected chi connectivity index (χ0v) is 13.1. The number of methoxy groups -OCH3 is 2. The summed E-state index contributed by atoms with van der Waals surface area (Å²) in [6, 6.07) is 0. The van der Waals surface area contributed by atoms with E-state index < -0.39 is 17.3 Å². The van der Waals surface area contributed by atoms with Crippen molar-refractivity contribution in [3.63, 3.8) is 0 Å². The molecule has 3 rings (SSSR count). The van der Waals surface area contributed by atoms with Gasteiger partial charge in [0.1, 0.15) is 0 Å². The van der Waals surface area contributed by atoms with Crippen LogP contribution in [0.1, 0.15) is 25.7 Å². The van der Waals surface area contributed by atoms with Crippen molar-refractivity contribution in [3.8, 4) is 0 Å². The third kappa shape index (κ3) is 2.36. The molecule has 2 saturated heterocycles. The van der Waals surface area contributed by atoms with Crippen LogP contribution in [-0.2, 0) is 23.7 Å². The van der Waals surface area contributed by atoms with Gasteiger partial charge in [-0.1, -0.05) is 0 Å². The largest absolute Gasteiger partial charge is 0.469 e. The van der Waals surface area contributed by atoms with Crippen molar-refractivity contribution in [2.24, 2.45) is 11.3 Å². The summed E-state index contributed by atoms with van der Waals surface area (Å²) in [6.45, 7) is 2.12. The zero-order valence-electron chi connectivity index (χ0n) is 13.1. The SMILES string of the molecule is COC(=O)N1CC[C@H]2CC3(CC[C@@]2(C(=O)OC)C1)OCCO3. The molecule has 2 atom stereocenters. The molecule has 7 heteroatoms. The molecule has 1 spiro atoms. The number of likely N-dealkylation sites (tertiary alicyclic amines) is 1. The fraction of sp³-hybridized carbons (Fsp3) is 0.867. The predicted molar refractivity (Wildman–Crippen MR) is 75.0 cm³/mol. The molecular weight excluding hydrogens is 290 g/mol. The molecule has 2 aliphatic heterocycles. The number of hydrogen-bond donors (Lipinski definition) is 0. The van der Waals surface area contributed by atoms with Gasteiger partial charge in [0.05, 0.1) is 32.8 Å². The first-order chi connectivity index (χ1) is 10.6. The second-order valence-electron chi connectivity index (χ2n) is 6.34. The molecule has 1 saturated carbocycles. The Morgan fingerprint density at radius 3 is 2.50 bits per heavy atom. The standard InChI is InChI=1S/C15H23NO6/c1-19-12(17)14-4-5-15(21-7-8-22-15)9-11(14)3-6-16(10-14)13(18)20-2/h11H,3-10H2,1-2H3/t11-,14+/m0/s1. The van der Waals surface area contributed by atoms with Gasteiger partial charge in [-0.15, -0.1) is 0 Å². The molecule has 0 aromatic heterocycles. The predicted octanol–water partition coefficient (Wildman–Crippen LogP) is 1.16. The molecule has 0 N–H and O–H groups in total. The Balaban J connectivity index is 1.84. The third-order valence-electron chi connectivity index (χ3n) is 5.35. The lowest BCUT2D eigenvalue weighted by Crippen LogP contribution is -2.59. The Bertz CT molecular complexity index is 461. The molecule has 0 aromatic rings. The van der Waals surface area contributed by atoms with Crippen LogP contribution in [0.25, 0.3) is 0 Å². The fourth-order valence-electron chi connectivity index (χ4n) is 4.19. The van der Waals surface area contributed by atoms with Gasteiger partial charge in [-0.2, -0.15) is 0 Å². The summed E-state index contributed by atoms with van der Waals surface area (Å²) in [5, 5.41) is 0. The van der Waals surface area contributed by atoms with Crippen molar-refractivity contribution >= 4 is 12.1 Å². The number of piperidine rings is 1. The number of hydrogen-bond acceptors (Lipinski definition) is 6. The highest BCUT2D eigenvalue weighted by Gasteiger charge is 2.58. The third-order valence-corrected chi connectivity index (χ3v) is 5.35. The number of ether oxygens (including phenoxy) is 4. The maximum Gasteiger partial charge on any atom is 0.409 e. The van der Waals surface area contributed by atoms with Crippen molar-refractivity contribution in [3.05, 3.63) is 0 Å². The number of fused-ring (bicyclic) bond motifs is 1. The number of carbonyl (C=O) groups is 2. The van der Waals surface area contributed by atoms with Gasteiger partial charge in [-0.25, -0.2) is 4.79 Å². The van der Waals surface area contributed by atoms with Gasteiger partial charge in [0.25, 0.3) is 0 Å². The summed E-state index contributed by atoms with van der Waals surface area (Å²) in [7, 11) is 2.76. The van der Waals surface area contributed by atoms with E-state index in [-0.39, 0.29) is 11.9 Å². The van der Waals surface area contributed by atoms with E-state index in [2.05, 4.69) is 0 Å². The number of esters is 1. The van der Waals surface area contributed by atoms with Crippen LogP contribution in [0, 0.1) is 11.3 Å². The molecule has 124 valence electrons. The van der Waals surface area contributed by atoms with Gasteiger partial charge in [0, 0.05) is 25.9 Å². The van der Waals surface area contributed by atoms with E-state index in [0.717, 1.165) is 6.42 Å². The Hall–Kier alpha value is -1.34. The summed E-state index contributed by atoms with van der Waals surface area (Å²) in [4.78, 5) is 25.9. The quantitative estimate of drug-likeness (QED) is 0.676. The van der Waals surface area contributed by atoms with E-state index in [1.165, 1.54) is 14.2 Å². The maximum absolute atomic E-state index is 12.5. The second kappa shape index (κ2) is 5.70. The van der Waals surface area contributed by atoms with Gasteiger partial charge in [0.2, 0.25) is 0 Å². The average molecular weight is 313 g/mol. The van der Waals surface area contributed by atoms with Gasteiger partial charge < -0.3 is 23.8 Å². The molecule has 3 aliphatic rings. The van der Waals surface area contributed by atoms with E-state index in [1.807, 2.05) is 0 Å². The minimum absolute atomic E-state index is 0.0905. The molecule has 0 aromatic carbocycles. The van der Waals surface area contributed by atoms with Crippen LogP contribution >= 0.6 is 0 Å². The Kier molecular flexibility index (Phi) is 4.03. The lowest BCUT2D eigenvalue weighted by molar-refractivity contribution is -0.220. The van der Waals surface area contributed by atoms with Crippen LogP contribution in [0.4, 0.5) is 4.79 Å². The normalized spacial score (nSPS) is 33.4. The summed E-state index contributed by atoms with van der Waals surface area (Å²) >= 11 is 0. The molecule has 1 aliphatic carbocycles. The minimum atomic E-state index is -0.679. The van der Waals surface area contributed by atoms with Crippen LogP contribution in [0.3, 0.4) is 0 Å². The van der Waals surface area contributed by atoms with Gasteiger partial charge in [-0.3, -0.25) is 4.79 Å². The number of rotatable bonds is 1. The van der Waals surface area contributed by atoms with E-state index in [1.54, 1.807) is 4.90 Å². The van der Waals surface area contributed by atoms with Crippen molar-refractivity contribution in [2.45, 2.75) is 31.5 Å².